The molecule has 5 rings (SSSR count). The number of methoxy groups -OCH3 is 2. The highest BCUT2D eigenvalue weighted by molar-refractivity contribution is 5.90. The molecule has 7 nitrogen and oxygen atoms in total. The number of carbonyl (C=O) groups excluding carboxylic acids is 1. The summed E-state index contributed by atoms with van der Waals surface area (Å²) < 4.78 is 16.9. The van der Waals surface area contributed by atoms with E-state index in [9.17, 15) is 4.79 Å². The van der Waals surface area contributed by atoms with Gasteiger partial charge < -0.3 is 14.2 Å². The van der Waals surface area contributed by atoms with Gasteiger partial charge in [0.1, 0.15) is 18.1 Å². The molecule has 4 aromatic carbocycles. The molecular formula is C30H27N3O4. The van der Waals surface area contributed by atoms with Crippen molar-refractivity contribution in [3.8, 4) is 22.6 Å². The Morgan fingerprint density at radius 3 is 2.11 bits per heavy atom. The smallest absolute Gasteiger partial charge is 0.414 e. The summed E-state index contributed by atoms with van der Waals surface area (Å²) in [5.41, 5.74) is 13.8. The SMILES string of the molecule is COc1ccc(N(Cc2ccc(N=N)cc2)C(=O)OCC2c3ccccc3-c3ccccc32)c(OC)c1. The molecule has 7 heteroatoms. The standard InChI is InChI=1S/C30H27N3O4/c1-35-22-15-16-28(29(17-22)36-2)33(18-20-11-13-21(32-31)14-12-20)30(34)37-19-27-25-9-5-3-7-23(25)24-8-4-6-10-26(24)27/h3-17,27,31H,18-19H2,1-2H3. The van der Waals surface area contributed by atoms with Gasteiger partial charge in [0.15, 0.2) is 0 Å². The van der Waals surface area contributed by atoms with Crippen molar-refractivity contribution in [3.63, 3.8) is 0 Å². The molecule has 4 aromatic rings. The van der Waals surface area contributed by atoms with Crippen molar-refractivity contribution < 1.29 is 19.0 Å². The van der Waals surface area contributed by atoms with Crippen LogP contribution in [0.1, 0.15) is 22.6 Å². The number of anilines is 1. The molecule has 37 heavy (non-hydrogen) atoms. The van der Waals surface area contributed by atoms with Crippen LogP contribution in [0.3, 0.4) is 0 Å². The Hall–Kier alpha value is -4.65. The number of hydrogen-bond acceptors (Lipinski definition) is 6. The summed E-state index contributed by atoms with van der Waals surface area (Å²) in [7, 11) is 3.13. The molecule has 0 saturated carbocycles. The van der Waals surface area contributed by atoms with Crippen LogP contribution < -0.4 is 14.4 Å². The van der Waals surface area contributed by atoms with Gasteiger partial charge in [-0.1, -0.05) is 60.7 Å². The van der Waals surface area contributed by atoms with Gasteiger partial charge in [0.05, 0.1) is 32.1 Å². The maximum Gasteiger partial charge on any atom is 0.414 e. The third-order valence-corrected chi connectivity index (χ3v) is 6.64. The van der Waals surface area contributed by atoms with Crippen LogP contribution in [0.25, 0.3) is 11.1 Å². The maximum atomic E-state index is 13.6. The fourth-order valence-electron chi connectivity index (χ4n) is 4.79. The van der Waals surface area contributed by atoms with Gasteiger partial charge in [-0.05, 0) is 52.1 Å². The van der Waals surface area contributed by atoms with E-state index in [2.05, 4.69) is 29.4 Å². The molecule has 186 valence electrons. The van der Waals surface area contributed by atoms with E-state index in [1.807, 2.05) is 36.4 Å². The molecule has 0 fully saturated rings. The molecule has 1 N–H and O–H groups in total. The molecule has 0 atom stereocenters. The van der Waals surface area contributed by atoms with Crippen LogP contribution in [-0.4, -0.2) is 26.9 Å². The van der Waals surface area contributed by atoms with Crippen LogP contribution in [0.5, 0.6) is 11.5 Å². The highest BCUT2D eigenvalue weighted by Crippen LogP contribution is 2.44. The zero-order chi connectivity index (χ0) is 25.8. The highest BCUT2D eigenvalue weighted by atomic mass is 16.6. The fraction of sp³-hybridized carbons (Fsp3) is 0.167. The zero-order valence-electron chi connectivity index (χ0n) is 20.7. The Morgan fingerprint density at radius 1 is 0.865 bits per heavy atom. The van der Waals surface area contributed by atoms with Crippen LogP contribution in [0.4, 0.5) is 16.2 Å². The second kappa shape index (κ2) is 10.5. The number of hydrogen-bond donors (Lipinski definition) is 1. The first-order chi connectivity index (χ1) is 18.1. The second-order valence-electron chi connectivity index (χ2n) is 8.71. The minimum absolute atomic E-state index is 0.0473. The summed E-state index contributed by atoms with van der Waals surface area (Å²) >= 11 is 0. The minimum Gasteiger partial charge on any atom is -0.497 e. The third-order valence-electron chi connectivity index (χ3n) is 6.64. The monoisotopic (exact) mass is 493 g/mol. The van der Waals surface area contributed by atoms with Crippen LogP contribution in [0.15, 0.2) is 96.1 Å². The Bertz CT molecular complexity index is 1390. The number of fused-ring (bicyclic) bond motifs is 3. The number of ether oxygens (including phenoxy) is 3. The minimum atomic E-state index is -0.486. The van der Waals surface area contributed by atoms with Gasteiger partial charge in [0.2, 0.25) is 0 Å². The van der Waals surface area contributed by atoms with Gasteiger partial charge in [-0.15, -0.1) is 0 Å². The summed E-state index contributed by atoms with van der Waals surface area (Å²) in [5.74, 6) is 1.06. The normalized spacial score (nSPS) is 11.8. The summed E-state index contributed by atoms with van der Waals surface area (Å²) in [4.78, 5) is 15.2. The lowest BCUT2D eigenvalue weighted by Gasteiger charge is -2.25. The van der Waals surface area contributed by atoms with E-state index in [0.717, 1.165) is 16.7 Å². The van der Waals surface area contributed by atoms with E-state index in [1.165, 1.54) is 11.1 Å². The van der Waals surface area contributed by atoms with E-state index in [0.29, 0.717) is 22.9 Å². The van der Waals surface area contributed by atoms with E-state index < -0.39 is 6.09 Å². The predicted molar refractivity (Wildman–Crippen MR) is 142 cm³/mol. The molecular weight excluding hydrogens is 466 g/mol. The Morgan fingerprint density at radius 2 is 1.51 bits per heavy atom. The molecule has 0 bridgehead atoms. The molecule has 1 aliphatic rings. The van der Waals surface area contributed by atoms with Gasteiger partial charge in [0, 0.05) is 12.0 Å². The van der Waals surface area contributed by atoms with Crippen molar-refractivity contribution in [1.82, 2.24) is 0 Å². The number of nitrogens with one attached hydrogen (secondary N) is 1. The van der Waals surface area contributed by atoms with Gasteiger partial charge in [-0.25, -0.2) is 10.3 Å². The molecule has 0 unspecified atom stereocenters. The number of amides is 1. The van der Waals surface area contributed by atoms with Gasteiger partial charge in [-0.2, -0.15) is 5.11 Å². The fourth-order valence-corrected chi connectivity index (χ4v) is 4.79. The third kappa shape index (κ3) is 4.76. The quantitative estimate of drug-likeness (QED) is 0.261. The number of benzene rings is 4. The molecule has 0 aromatic heterocycles. The molecule has 0 spiro atoms. The van der Waals surface area contributed by atoms with Crippen LogP contribution in [-0.2, 0) is 11.3 Å². The van der Waals surface area contributed by atoms with E-state index >= 15 is 0 Å². The molecule has 0 heterocycles. The number of nitrogens with zero attached hydrogens (tertiary/aromatic N) is 2. The summed E-state index contributed by atoms with van der Waals surface area (Å²) in [5, 5.41) is 3.45. The first-order valence-corrected chi connectivity index (χ1v) is 11.9. The van der Waals surface area contributed by atoms with E-state index in [4.69, 9.17) is 19.7 Å². The summed E-state index contributed by atoms with van der Waals surface area (Å²) in [6.07, 6.45) is -0.486. The van der Waals surface area contributed by atoms with E-state index in [-0.39, 0.29) is 19.1 Å². The maximum absolute atomic E-state index is 13.6. The van der Waals surface area contributed by atoms with Gasteiger partial charge in [-0.3, -0.25) is 4.90 Å². The summed E-state index contributed by atoms with van der Waals surface area (Å²) in [6.45, 7) is 0.454. The average molecular weight is 494 g/mol. The van der Waals surface area contributed by atoms with Gasteiger partial charge >= 0.3 is 6.09 Å². The topological polar surface area (TPSA) is 84.2 Å². The van der Waals surface area contributed by atoms with Crippen LogP contribution in [0.2, 0.25) is 0 Å². The predicted octanol–water partition coefficient (Wildman–Crippen LogP) is 7.32. The largest absolute Gasteiger partial charge is 0.497 e. The number of carbonyl (C=O) groups is 1. The van der Waals surface area contributed by atoms with Crippen molar-refractivity contribution in [2.75, 3.05) is 25.7 Å². The lowest BCUT2D eigenvalue weighted by Crippen LogP contribution is -2.32. The van der Waals surface area contributed by atoms with Gasteiger partial charge in [0.25, 0.3) is 0 Å². The molecule has 0 aliphatic heterocycles. The average Bonchev–Trinajstić information content (AvgIpc) is 3.28. The van der Waals surface area contributed by atoms with Crippen molar-refractivity contribution in [2.45, 2.75) is 12.5 Å². The first kappa shape index (κ1) is 24.1. The molecule has 1 aliphatic carbocycles. The second-order valence-corrected chi connectivity index (χ2v) is 8.71. The van der Waals surface area contributed by atoms with Crippen molar-refractivity contribution in [2.24, 2.45) is 5.11 Å². The van der Waals surface area contributed by atoms with Crippen molar-refractivity contribution in [1.29, 1.82) is 5.53 Å². The lowest BCUT2D eigenvalue weighted by atomic mass is 9.98. The van der Waals surface area contributed by atoms with E-state index in [1.54, 1.807) is 49.5 Å². The first-order valence-electron chi connectivity index (χ1n) is 11.9. The van der Waals surface area contributed by atoms with Crippen molar-refractivity contribution in [3.05, 3.63) is 108 Å². The lowest BCUT2D eigenvalue weighted by molar-refractivity contribution is 0.149. The molecule has 0 saturated heterocycles. The zero-order valence-corrected chi connectivity index (χ0v) is 20.7. The van der Waals surface area contributed by atoms with Crippen molar-refractivity contribution >= 4 is 17.5 Å². The Labute approximate surface area is 215 Å². The molecule has 0 radical (unpaired) electrons. The van der Waals surface area contributed by atoms with Crippen LogP contribution in [0, 0.1) is 5.53 Å². The number of rotatable bonds is 8. The molecule has 1 amide bonds. The Kier molecular flexibility index (Phi) is 6.85. The Balaban J connectivity index is 1.44. The summed E-state index contributed by atoms with van der Waals surface area (Å²) in [6, 6.07) is 29.0. The van der Waals surface area contributed by atoms with Crippen LogP contribution >= 0.6 is 0 Å². The highest BCUT2D eigenvalue weighted by Gasteiger charge is 2.30.